The van der Waals surface area contributed by atoms with Gasteiger partial charge in [-0.15, -0.1) is 11.3 Å². The van der Waals surface area contributed by atoms with Crippen LogP contribution in [-0.4, -0.2) is 11.0 Å². The fraction of sp³-hybridized carbons (Fsp3) is 0.250. The van der Waals surface area contributed by atoms with Crippen LogP contribution in [0.2, 0.25) is 0 Å². The van der Waals surface area contributed by atoms with E-state index >= 15 is 0 Å². The van der Waals surface area contributed by atoms with Crippen molar-refractivity contribution in [1.29, 1.82) is 0 Å². The number of hydrogen-bond acceptors (Lipinski definition) is 3. The van der Waals surface area contributed by atoms with Gasteiger partial charge < -0.3 is 5.73 Å². The van der Waals surface area contributed by atoms with Crippen LogP contribution in [0.25, 0.3) is 10.4 Å². The summed E-state index contributed by atoms with van der Waals surface area (Å²) in [6.07, 6.45) is 2.79. The number of hydrogen-bond donors (Lipinski definition) is 1. The monoisotopic (exact) mass is 218 g/mol. The smallest absolute Gasteiger partial charge is 0.0946 e. The minimum Gasteiger partial charge on any atom is -0.328 e. The maximum Gasteiger partial charge on any atom is 0.0946 e. The lowest BCUT2D eigenvalue weighted by Crippen LogP contribution is -2.17. The number of nitrogens with zero attached hydrogens (tertiary/aromatic N) is 1. The van der Waals surface area contributed by atoms with Gasteiger partial charge in [0.05, 0.1) is 9.88 Å². The van der Waals surface area contributed by atoms with E-state index in [2.05, 4.69) is 17.1 Å². The summed E-state index contributed by atoms with van der Waals surface area (Å²) in [5.74, 6) is 0. The van der Waals surface area contributed by atoms with E-state index in [0.717, 1.165) is 11.4 Å². The zero-order valence-electron chi connectivity index (χ0n) is 8.68. The van der Waals surface area contributed by atoms with Crippen molar-refractivity contribution in [2.24, 2.45) is 5.73 Å². The highest BCUT2D eigenvalue weighted by molar-refractivity contribution is 7.15. The molecule has 0 bridgehead atoms. The molecule has 1 heterocycles. The number of nitrogens with two attached hydrogens (primary N) is 1. The summed E-state index contributed by atoms with van der Waals surface area (Å²) in [6, 6.07) is 10.5. The lowest BCUT2D eigenvalue weighted by atomic mass is 10.2. The SMILES string of the molecule is CC(N)Cc1ncc(-c2ccccc2)s1. The number of aromatic nitrogens is 1. The van der Waals surface area contributed by atoms with Crippen LogP contribution in [0, 0.1) is 0 Å². The third-order valence-electron chi connectivity index (χ3n) is 2.11. The predicted molar refractivity (Wildman–Crippen MR) is 64.9 cm³/mol. The lowest BCUT2D eigenvalue weighted by Gasteiger charge is -1.99. The van der Waals surface area contributed by atoms with E-state index in [4.69, 9.17) is 5.73 Å². The second-order valence-corrected chi connectivity index (χ2v) is 4.78. The molecule has 2 N–H and O–H groups in total. The van der Waals surface area contributed by atoms with Crippen molar-refractivity contribution in [2.75, 3.05) is 0 Å². The molecule has 0 aliphatic heterocycles. The molecule has 15 heavy (non-hydrogen) atoms. The van der Waals surface area contributed by atoms with Gasteiger partial charge in [0.25, 0.3) is 0 Å². The molecule has 1 aromatic carbocycles. The molecule has 0 aliphatic rings. The van der Waals surface area contributed by atoms with E-state index < -0.39 is 0 Å². The van der Waals surface area contributed by atoms with E-state index in [1.807, 2.05) is 31.3 Å². The first kappa shape index (κ1) is 10.3. The van der Waals surface area contributed by atoms with Gasteiger partial charge in [0.2, 0.25) is 0 Å². The van der Waals surface area contributed by atoms with Crippen molar-refractivity contribution in [3.63, 3.8) is 0 Å². The van der Waals surface area contributed by atoms with Gasteiger partial charge in [-0.3, -0.25) is 0 Å². The first-order valence-electron chi connectivity index (χ1n) is 5.01. The molecule has 0 saturated heterocycles. The summed E-state index contributed by atoms with van der Waals surface area (Å²) in [7, 11) is 0. The van der Waals surface area contributed by atoms with Crippen LogP contribution in [0.4, 0.5) is 0 Å². The highest BCUT2D eigenvalue weighted by Gasteiger charge is 2.05. The number of rotatable bonds is 3. The second kappa shape index (κ2) is 4.55. The molecule has 3 heteroatoms. The minimum atomic E-state index is 0.180. The molecule has 0 fully saturated rings. The average Bonchev–Trinajstić information content (AvgIpc) is 2.67. The fourth-order valence-corrected chi connectivity index (χ4v) is 2.48. The lowest BCUT2D eigenvalue weighted by molar-refractivity contribution is 0.734. The van der Waals surface area contributed by atoms with Crippen molar-refractivity contribution in [2.45, 2.75) is 19.4 Å². The molecule has 0 radical (unpaired) electrons. The molecular formula is C12H14N2S. The van der Waals surface area contributed by atoms with Gasteiger partial charge in [0, 0.05) is 18.7 Å². The largest absolute Gasteiger partial charge is 0.328 e. The summed E-state index contributed by atoms with van der Waals surface area (Å²) in [5.41, 5.74) is 6.97. The molecule has 0 spiro atoms. The Hall–Kier alpha value is -1.19. The predicted octanol–water partition coefficient (Wildman–Crippen LogP) is 2.70. The summed E-state index contributed by atoms with van der Waals surface area (Å²) in [4.78, 5) is 5.59. The van der Waals surface area contributed by atoms with E-state index in [0.29, 0.717) is 0 Å². The second-order valence-electron chi connectivity index (χ2n) is 3.67. The van der Waals surface area contributed by atoms with Crippen molar-refractivity contribution in [3.8, 4) is 10.4 Å². The Morgan fingerprint density at radius 1 is 1.33 bits per heavy atom. The zero-order chi connectivity index (χ0) is 10.7. The van der Waals surface area contributed by atoms with Gasteiger partial charge in [0.15, 0.2) is 0 Å². The van der Waals surface area contributed by atoms with Crippen LogP contribution in [0.3, 0.4) is 0 Å². The quantitative estimate of drug-likeness (QED) is 0.860. The Bertz CT molecular complexity index is 420. The molecule has 0 aliphatic carbocycles. The summed E-state index contributed by atoms with van der Waals surface area (Å²) in [6.45, 7) is 2.00. The number of thiazole rings is 1. The highest BCUT2D eigenvalue weighted by atomic mass is 32.1. The van der Waals surface area contributed by atoms with Crippen LogP contribution >= 0.6 is 11.3 Å². The van der Waals surface area contributed by atoms with Crippen LogP contribution in [0.1, 0.15) is 11.9 Å². The molecule has 0 amide bonds. The number of benzene rings is 1. The maximum atomic E-state index is 5.74. The molecule has 0 saturated carbocycles. The Balaban J connectivity index is 2.21. The van der Waals surface area contributed by atoms with E-state index in [-0.39, 0.29) is 6.04 Å². The van der Waals surface area contributed by atoms with Gasteiger partial charge in [-0.05, 0) is 12.5 Å². The minimum absolute atomic E-state index is 0.180. The Morgan fingerprint density at radius 3 is 2.73 bits per heavy atom. The first-order valence-corrected chi connectivity index (χ1v) is 5.83. The topological polar surface area (TPSA) is 38.9 Å². The van der Waals surface area contributed by atoms with Crippen molar-refractivity contribution < 1.29 is 0 Å². The molecule has 1 unspecified atom stereocenters. The fourth-order valence-electron chi connectivity index (χ4n) is 1.42. The van der Waals surface area contributed by atoms with Crippen LogP contribution in [0.5, 0.6) is 0 Å². The van der Waals surface area contributed by atoms with Gasteiger partial charge in [0.1, 0.15) is 0 Å². The molecule has 1 aromatic heterocycles. The molecule has 2 rings (SSSR count). The van der Waals surface area contributed by atoms with Crippen LogP contribution < -0.4 is 5.73 Å². The summed E-state index contributed by atoms with van der Waals surface area (Å²) < 4.78 is 0. The maximum absolute atomic E-state index is 5.74. The zero-order valence-corrected chi connectivity index (χ0v) is 9.50. The third-order valence-corrected chi connectivity index (χ3v) is 3.18. The molecule has 78 valence electrons. The van der Waals surface area contributed by atoms with E-state index in [1.165, 1.54) is 10.4 Å². The third kappa shape index (κ3) is 2.64. The Labute approximate surface area is 93.8 Å². The molecular weight excluding hydrogens is 204 g/mol. The summed E-state index contributed by atoms with van der Waals surface area (Å²) >= 11 is 1.72. The van der Waals surface area contributed by atoms with Crippen molar-refractivity contribution >= 4 is 11.3 Å². The van der Waals surface area contributed by atoms with Crippen LogP contribution in [-0.2, 0) is 6.42 Å². The Morgan fingerprint density at radius 2 is 2.07 bits per heavy atom. The van der Waals surface area contributed by atoms with E-state index in [9.17, 15) is 0 Å². The van der Waals surface area contributed by atoms with Crippen molar-refractivity contribution in [3.05, 3.63) is 41.5 Å². The van der Waals surface area contributed by atoms with Crippen LogP contribution in [0.15, 0.2) is 36.5 Å². The molecule has 2 nitrogen and oxygen atoms in total. The van der Waals surface area contributed by atoms with Crippen molar-refractivity contribution in [1.82, 2.24) is 4.98 Å². The van der Waals surface area contributed by atoms with E-state index in [1.54, 1.807) is 11.3 Å². The standard InChI is InChI=1S/C12H14N2S/c1-9(13)7-12-14-8-11(15-12)10-5-3-2-4-6-10/h2-6,8-9H,7,13H2,1H3. The molecule has 1 atom stereocenters. The highest BCUT2D eigenvalue weighted by Crippen LogP contribution is 2.26. The Kier molecular flexibility index (Phi) is 3.14. The first-order chi connectivity index (χ1) is 7.25. The van der Waals surface area contributed by atoms with Gasteiger partial charge >= 0.3 is 0 Å². The average molecular weight is 218 g/mol. The normalized spacial score (nSPS) is 12.7. The summed E-state index contributed by atoms with van der Waals surface area (Å²) in [5, 5.41) is 1.11. The van der Waals surface area contributed by atoms with Gasteiger partial charge in [-0.25, -0.2) is 4.98 Å². The molecule has 2 aromatic rings. The van der Waals surface area contributed by atoms with Gasteiger partial charge in [-0.1, -0.05) is 30.3 Å². The van der Waals surface area contributed by atoms with Gasteiger partial charge in [-0.2, -0.15) is 0 Å².